The van der Waals surface area contributed by atoms with Crippen LogP contribution in [0.15, 0.2) is 53.0 Å². The first-order valence-corrected chi connectivity index (χ1v) is 7.28. The predicted molar refractivity (Wildman–Crippen MR) is 83.5 cm³/mol. The third-order valence-electron chi connectivity index (χ3n) is 3.66. The van der Waals surface area contributed by atoms with Gasteiger partial charge in [0.25, 0.3) is 0 Å². The molecular weight excluding hydrogens is 316 g/mol. The van der Waals surface area contributed by atoms with Gasteiger partial charge in [0.1, 0.15) is 6.04 Å². The van der Waals surface area contributed by atoms with Gasteiger partial charge in [-0.1, -0.05) is 45.8 Å². The van der Waals surface area contributed by atoms with Gasteiger partial charge in [0.15, 0.2) is 0 Å². The van der Waals surface area contributed by atoms with E-state index in [1.54, 1.807) is 4.90 Å². The minimum atomic E-state index is -0.457. The van der Waals surface area contributed by atoms with Gasteiger partial charge in [0.2, 0.25) is 5.91 Å². The van der Waals surface area contributed by atoms with Crippen LogP contribution in [0.4, 0.5) is 5.69 Å². The Kier molecular flexibility index (Phi) is 3.36. The van der Waals surface area contributed by atoms with Gasteiger partial charge >= 0.3 is 0 Å². The Morgan fingerprint density at radius 2 is 1.65 bits per heavy atom. The Morgan fingerprint density at radius 1 is 1.05 bits per heavy atom. The van der Waals surface area contributed by atoms with Gasteiger partial charge in [-0.2, -0.15) is 0 Å². The van der Waals surface area contributed by atoms with Crippen molar-refractivity contribution in [3.63, 3.8) is 0 Å². The van der Waals surface area contributed by atoms with Crippen LogP contribution in [0.1, 0.15) is 17.2 Å². The van der Waals surface area contributed by atoms with E-state index >= 15 is 0 Å². The number of amides is 1. The second-order valence-corrected chi connectivity index (χ2v) is 5.98. The third kappa shape index (κ3) is 2.15. The van der Waals surface area contributed by atoms with E-state index in [-0.39, 0.29) is 11.9 Å². The molecule has 1 aliphatic rings. The number of aryl methyl sites for hydroxylation is 1. The highest BCUT2D eigenvalue weighted by Gasteiger charge is 2.46. The maximum absolute atomic E-state index is 12.1. The van der Waals surface area contributed by atoms with E-state index in [2.05, 4.69) is 15.9 Å². The summed E-state index contributed by atoms with van der Waals surface area (Å²) >= 11 is 3.40. The molecule has 3 rings (SSSR count). The summed E-state index contributed by atoms with van der Waals surface area (Å²) in [6.45, 7) is 2.04. The maximum Gasteiger partial charge on any atom is 0.247 e. The van der Waals surface area contributed by atoms with Crippen LogP contribution in [0.3, 0.4) is 0 Å². The van der Waals surface area contributed by atoms with Crippen molar-refractivity contribution in [1.29, 1.82) is 0 Å². The zero-order chi connectivity index (χ0) is 14.3. The maximum atomic E-state index is 12.1. The van der Waals surface area contributed by atoms with Crippen LogP contribution in [-0.2, 0) is 4.79 Å². The summed E-state index contributed by atoms with van der Waals surface area (Å²) in [6, 6.07) is 15.3. The molecule has 2 N–H and O–H groups in total. The van der Waals surface area contributed by atoms with Crippen LogP contribution >= 0.6 is 15.9 Å². The number of rotatable bonds is 2. The highest BCUT2D eigenvalue weighted by atomic mass is 79.9. The van der Waals surface area contributed by atoms with Gasteiger partial charge in [0, 0.05) is 10.2 Å². The van der Waals surface area contributed by atoms with Crippen LogP contribution in [0.5, 0.6) is 0 Å². The summed E-state index contributed by atoms with van der Waals surface area (Å²) < 4.78 is 0.991. The van der Waals surface area contributed by atoms with Gasteiger partial charge in [-0.3, -0.25) is 4.79 Å². The number of halogens is 1. The van der Waals surface area contributed by atoms with Crippen LogP contribution in [-0.4, -0.2) is 11.9 Å². The molecule has 0 bridgehead atoms. The molecule has 0 saturated carbocycles. The van der Waals surface area contributed by atoms with Crippen molar-refractivity contribution in [2.45, 2.75) is 19.0 Å². The number of hydrogen-bond acceptors (Lipinski definition) is 2. The van der Waals surface area contributed by atoms with Crippen LogP contribution in [0.2, 0.25) is 0 Å². The number of anilines is 1. The zero-order valence-corrected chi connectivity index (χ0v) is 12.7. The molecule has 0 unspecified atom stereocenters. The summed E-state index contributed by atoms with van der Waals surface area (Å²) in [7, 11) is 0. The molecule has 0 radical (unpaired) electrons. The van der Waals surface area contributed by atoms with E-state index in [0.29, 0.717) is 0 Å². The van der Waals surface area contributed by atoms with Gasteiger partial charge in [-0.15, -0.1) is 0 Å². The minimum Gasteiger partial charge on any atom is -0.318 e. The Labute approximate surface area is 126 Å². The second kappa shape index (κ2) is 5.04. The average molecular weight is 331 g/mol. The number of nitrogens with two attached hydrogens (primary N) is 1. The Morgan fingerprint density at radius 3 is 2.25 bits per heavy atom. The molecule has 1 amide bonds. The van der Waals surface area contributed by atoms with Crippen molar-refractivity contribution in [3.8, 4) is 0 Å². The highest BCUT2D eigenvalue weighted by Crippen LogP contribution is 2.38. The fraction of sp³-hybridized carbons (Fsp3) is 0.188. The van der Waals surface area contributed by atoms with Crippen molar-refractivity contribution in [2.24, 2.45) is 5.73 Å². The summed E-state index contributed by atoms with van der Waals surface area (Å²) in [4.78, 5) is 13.9. The highest BCUT2D eigenvalue weighted by molar-refractivity contribution is 9.10. The molecule has 20 heavy (non-hydrogen) atoms. The molecule has 3 nitrogen and oxygen atoms in total. The van der Waals surface area contributed by atoms with Crippen molar-refractivity contribution < 1.29 is 4.79 Å². The summed E-state index contributed by atoms with van der Waals surface area (Å²) in [6.07, 6.45) is 0. The molecule has 0 aromatic heterocycles. The largest absolute Gasteiger partial charge is 0.318 e. The lowest BCUT2D eigenvalue weighted by molar-refractivity contribution is -0.126. The minimum absolute atomic E-state index is 0.0297. The fourth-order valence-electron chi connectivity index (χ4n) is 2.52. The topological polar surface area (TPSA) is 46.3 Å². The zero-order valence-electron chi connectivity index (χ0n) is 11.1. The molecule has 0 spiro atoms. The second-order valence-electron chi connectivity index (χ2n) is 5.07. The quantitative estimate of drug-likeness (QED) is 0.859. The lowest BCUT2D eigenvalue weighted by atomic mass is 9.88. The molecule has 2 aromatic rings. The molecule has 102 valence electrons. The van der Waals surface area contributed by atoms with Gasteiger partial charge < -0.3 is 10.6 Å². The van der Waals surface area contributed by atoms with Crippen LogP contribution < -0.4 is 10.6 Å². The molecule has 4 heteroatoms. The number of benzene rings is 2. The molecule has 1 aliphatic heterocycles. The van der Waals surface area contributed by atoms with Crippen molar-refractivity contribution in [2.75, 3.05) is 4.90 Å². The van der Waals surface area contributed by atoms with Crippen molar-refractivity contribution in [1.82, 2.24) is 0 Å². The first-order chi connectivity index (χ1) is 9.58. The number of hydrogen-bond donors (Lipinski definition) is 1. The van der Waals surface area contributed by atoms with E-state index in [1.807, 2.05) is 55.5 Å². The van der Waals surface area contributed by atoms with E-state index in [1.165, 1.54) is 5.56 Å². The van der Waals surface area contributed by atoms with Crippen LogP contribution in [0.25, 0.3) is 0 Å². The monoisotopic (exact) mass is 330 g/mol. The number of carbonyl (C=O) groups excluding carboxylic acids is 1. The summed E-state index contributed by atoms with van der Waals surface area (Å²) in [5.41, 5.74) is 9.15. The Bertz CT molecular complexity index is 637. The first-order valence-electron chi connectivity index (χ1n) is 6.49. The Hall–Kier alpha value is -1.65. The van der Waals surface area contributed by atoms with E-state index in [0.717, 1.165) is 15.7 Å². The molecule has 1 saturated heterocycles. The van der Waals surface area contributed by atoms with Gasteiger partial charge in [-0.05, 0) is 36.8 Å². The Balaban J connectivity index is 1.95. The van der Waals surface area contributed by atoms with Gasteiger partial charge in [0.05, 0.1) is 6.04 Å². The normalized spacial score (nSPS) is 21.8. The van der Waals surface area contributed by atoms with Crippen LogP contribution in [0, 0.1) is 6.92 Å². The summed E-state index contributed by atoms with van der Waals surface area (Å²) in [5, 5.41) is 0. The third-order valence-corrected chi connectivity index (χ3v) is 4.19. The lowest BCUT2D eigenvalue weighted by Gasteiger charge is -2.45. The van der Waals surface area contributed by atoms with Crippen molar-refractivity contribution >= 4 is 27.5 Å². The smallest absolute Gasteiger partial charge is 0.247 e. The van der Waals surface area contributed by atoms with E-state index < -0.39 is 6.04 Å². The average Bonchev–Trinajstić information content (AvgIpc) is 2.46. The first kappa shape index (κ1) is 13.3. The molecule has 2 aromatic carbocycles. The summed E-state index contributed by atoms with van der Waals surface area (Å²) in [5.74, 6) is -0.0297. The predicted octanol–water partition coefficient (Wildman–Crippen LogP) is 3.17. The molecule has 1 fully saturated rings. The fourth-order valence-corrected chi connectivity index (χ4v) is 2.79. The number of carbonyl (C=O) groups is 1. The lowest BCUT2D eigenvalue weighted by Crippen LogP contribution is -2.63. The molecule has 2 atom stereocenters. The van der Waals surface area contributed by atoms with E-state index in [4.69, 9.17) is 5.73 Å². The van der Waals surface area contributed by atoms with Gasteiger partial charge in [-0.25, -0.2) is 0 Å². The number of β-lactam (4-membered cyclic amide) rings is 1. The van der Waals surface area contributed by atoms with Crippen molar-refractivity contribution in [3.05, 3.63) is 64.1 Å². The standard InChI is InChI=1S/C16H15BrN2O/c1-10-2-4-11(5-3-10)15-14(18)16(20)19(15)13-8-6-12(17)7-9-13/h2-9,14-15H,18H2,1H3/t14-,15+/m0/s1. The van der Waals surface area contributed by atoms with E-state index in [9.17, 15) is 4.79 Å². The molecule has 1 heterocycles. The molecule has 0 aliphatic carbocycles. The number of nitrogens with zero attached hydrogens (tertiary/aromatic N) is 1. The SMILES string of the molecule is Cc1ccc([C@@H]2[C@H](N)C(=O)N2c2ccc(Br)cc2)cc1. The molecular formula is C16H15BrN2O.